The van der Waals surface area contributed by atoms with Crippen LogP contribution in [0.15, 0.2) is 155 Å². The molecule has 0 bridgehead atoms. The van der Waals surface area contributed by atoms with Crippen LogP contribution in [0.5, 0.6) is 11.5 Å². The number of sulfonamides is 2. The monoisotopic (exact) mass is 1000 g/mol. The average Bonchev–Trinajstić information content (AvgIpc) is 4.06. The lowest BCUT2D eigenvalue weighted by Crippen LogP contribution is -2.42. The normalized spacial score (nSPS) is 15.9. The van der Waals surface area contributed by atoms with Gasteiger partial charge in [0.1, 0.15) is 36.2 Å². The lowest BCUT2D eigenvalue weighted by atomic mass is 10.0. The number of ether oxygens (including phenoxy) is 2. The van der Waals surface area contributed by atoms with Crippen molar-refractivity contribution in [1.82, 2.24) is 9.80 Å². The summed E-state index contributed by atoms with van der Waals surface area (Å²) in [5.41, 5.74) is 2.29. The minimum absolute atomic E-state index is 0.00565. The van der Waals surface area contributed by atoms with Gasteiger partial charge in [-0.3, -0.25) is 18.2 Å². The van der Waals surface area contributed by atoms with Gasteiger partial charge in [-0.05, 0) is 146 Å². The first-order valence-electron chi connectivity index (χ1n) is 21.5. The Bertz CT molecular complexity index is 2920. The summed E-state index contributed by atoms with van der Waals surface area (Å²) in [5.74, 6) is -0.462. The molecular weight excluding hydrogens is 958 g/mol. The van der Waals surface area contributed by atoms with Gasteiger partial charge in [-0.2, -0.15) is 0 Å². The van der Waals surface area contributed by atoms with E-state index in [9.17, 15) is 35.2 Å². The van der Waals surface area contributed by atoms with Gasteiger partial charge in [0, 0.05) is 29.2 Å². The molecule has 12 nitrogen and oxygen atoms in total. The number of hydrogen-bond acceptors (Lipinski definition) is 8. The molecule has 0 spiro atoms. The number of halogens is 4. The maximum absolute atomic E-state index is 13.7. The number of hydrogen-bond donors (Lipinski definition) is 0. The summed E-state index contributed by atoms with van der Waals surface area (Å²) in [7, 11) is -5.22. The van der Waals surface area contributed by atoms with Crippen molar-refractivity contribution in [3.63, 3.8) is 0 Å². The van der Waals surface area contributed by atoms with Gasteiger partial charge in [0.15, 0.2) is 0 Å². The Morgan fingerprint density at radius 1 is 0.559 bits per heavy atom. The van der Waals surface area contributed by atoms with Crippen molar-refractivity contribution < 1.29 is 44.7 Å². The predicted octanol–water partition coefficient (Wildman–Crippen LogP) is 10.1. The zero-order chi connectivity index (χ0) is 48.6. The molecule has 0 aromatic heterocycles. The van der Waals surface area contributed by atoms with Crippen LogP contribution in [0.2, 0.25) is 10.0 Å². The quantitative estimate of drug-likeness (QED) is 0.105. The van der Waals surface area contributed by atoms with Crippen LogP contribution in [-0.4, -0.2) is 78.8 Å². The first-order valence-corrected chi connectivity index (χ1v) is 25.2. The number of methoxy groups -OCH3 is 2. The third-order valence-electron chi connectivity index (χ3n) is 11.7. The van der Waals surface area contributed by atoms with E-state index in [0.29, 0.717) is 46.0 Å². The second-order valence-corrected chi connectivity index (χ2v) is 20.5. The maximum Gasteiger partial charge on any atom is 0.264 e. The van der Waals surface area contributed by atoms with Gasteiger partial charge in [0.2, 0.25) is 11.8 Å². The summed E-state index contributed by atoms with van der Waals surface area (Å²) in [6.45, 7) is 0.221. The first kappa shape index (κ1) is 49.7. The van der Waals surface area contributed by atoms with Gasteiger partial charge in [-0.25, -0.2) is 25.6 Å². The molecule has 6 aromatic carbocycles. The van der Waals surface area contributed by atoms with Gasteiger partial charge < -0.3 is 19.3 Å². The van der Waals surface area contributed by atoms with Gasteiger partial charge in [-0.1, -0.05) is 53.5 Å². The standard InChI is InChI=1S/2C25H24ClFN2O4S/c1-33-22-4-2-5-23(16-22)34(31,32)29(21-13-9-19(26)10-14-21)17-25(30)28-15-3-6-24(28)18-7-11-20(27)12-8-18;1-33-22-12-14-23(15-13-22)34(31,32)29(21-10-6-19(26)7-11-21)17-25(30)28-16-2-3-24(28)18-4-8-20(27)9-5-18/h2,4-5,7-14,16,24H,3,6,15,17H2,1H3;4-15,24H,2-3,16-17H2,1H3. The van der Waals surface area contributed by atoms with E-state index in [1.165, 1.54) is 62.8 Å². The molecule has 2 fully saturated rings. The molecule has 2 aliphatic heterocycles. The Labute approximate surface area is 405 Å². The summed E-state index contributed by atoms with van der Waals surface area (Å²) >= 11 is 12.0. The summed E-state index contributed by atoms with van der Waals surface area (Å²) in [6.07, 6.45) is 3.00. The number of rotatable bonds is 14. The third-order valence-corrected chi connectivity index (χ3v) is 15.8. The Morgan fingerprint density at radius 3 is 1.38 bits per heavy atom. The second kappa shape index (κ2) is 21.8. The van der Waals surface area contributed by atoms with Crippen LogP contribution >= 0.6 is 23.2 Å². The SMILES string of the molecule is COc1ccc(S(=O)(=O)N(CC(=O)N2CCCC2c2ccc(F)cc2)c2ccc(Cl)cc2)cc1.COc1cccc(S(=O)(=O)N(CC(=O)N2CCCC2c2ccc(F)cc2)c2ccc(Cl)cc2)c1. The molecule has 2 saturated heterocycles. The molecule has 0 N–H and O–H groups in total. The highest BCUT2D eigenvalue weighted by atomic mass is 35.5. The van der Waals surface area contributed by atoms with Crippen molar-refractivity contribution >= 4 is 66.4 Å². The topological polar surface area (TPSA) is 134 Å². The molecule has 2 amide bonds. The fraction of sp³-hybridized carbons (Fsp3) is 0.240. The predicted molar refractivity (Wildman–Crippen MR) is 258 cm³/mol. The highest BCUT2D eigenvalue weighted by Crippen LogP contribution is 2.36. The van der Waals surface area contributed by atoms with E-state index in [0.717, 1.165) is 45.4 Å². The molecule has 6 aromatic rings. The average molecular weight is 1010 g/mol. The second-order valence-electron chi connectivity index (χ2n) is 15.9. The smallest absolute Gasteiger partial charge is 0.264 e. The van der Waals surface area contributed by atoms with E-state index in [1.807, 2.05) is 0 Å². The summed E-state index contributed by atoms with van der Waals surface area (Å²) < 4.78 is 93.8. The molecule has 2 unspecified atom stereocenters. The summed E-state index contributed by atoms with van der Waals surface area (Å²) in [4.78, 5) is 30.2. The van der Waals surface area contributed by atoms with Crippen LogP contribution in [0.1, 0.15) is 48.9 Å². The molecule has 18 heteroatoms. The van der Waals surface area contributed by atoms with Crippen LogP contribution in [0.25, 0.3) is 0 Å². The van der Waals surface area contributed by atoms with Gasteiger partial charge in [-0.15, -0.1) is 0 Å². The lowest BCUT2D eigenvalue weighted by Gasteiger charge is -2.30. The molecule has 68 heavy (non-hydrogen) atoms. The van der Waals surface area contributed by atoms with Crippen LogP contribution < -0.4 is 18.1 Å². The Kier molecular flexibility index (Phi) is 16.0. The molecular formula is C50H48Cl2F2N4O8S2. The molecule has 2 heterocycles. The first-order chi connectivity index (χ1) is 32.6. The van der Waals surface area contributed by atoms with Crippen LogP contribution in [-0.2, 0) is 29.6 Å². The Morgan fingerprint density at radius 2 is 0.971 bits per heavy atom. The number of anilines is 2. The minimum atomic E-state index is -4.10. The molecule has 356 valence electrons. The molecule has 8 rings (SSSR count). The maximum atomic E-state index is 13.7. The largest absolute Gasteiger partial charge is 0.497 e. The van der Waals surface area contributed by atoms with Crippen molar-refractivity contribution in [2.24, 2.45) is 0 Å². The summed E-state index contributed by atoms with van der Waals surface area (Å²) in [6, 6.07) is 36.3. The number of amides is 2. The van der Waals surface area contributed by atoms with E-state index >= 15 is 0 Å². The van der Waals surface area contributed by atoms with E-state index in [-0.39, 0.29) is 51.9 Å². The van der Waals surface area contributed by atoms with E-state index in [4.69, 9.17) is 32.7 Å². The number of nitrogens with zero attached hydrogens (tertiary/aromatic N) is 4. The molecule has 2 atom stereocenters. The molecule has 0 aliphatic carbocycles. The van der Waals surface area contributed by atoms with Crippen LogP contribution in [0, 0.1) is 11.6 Å². The molecule has 2 aliphatic rings. The van der Waals surface area contributed by atoms with Gasteiger partial charge in [0.25, 0.3) is 20.0 Å². The molecule has 0 radical (unpaired) electrons. The van der Waals surface area contributed by atoms with Crippen LogP contribution in [0.3, 0.4) is 0 Å². The summed E-state index contributed by atoms with van der Waals surface area (Å²) in [5, 5.41) is 0.900. The van der Waals surface area contributed by atoms with Crippen molar-refractivity contribution in [3.05, 3.63) is 178 Å². The van der Waals surface area contributed by atoms with Crippen molar-refractivity contribution in [2.45, 2.75) is 47.6 Å². The highest BCUT2D eigenvalue weighted by molar-refractivity contribution is 7.93. The van der Waals surface area contributed by atoms with Crippen LogP contribution in [0.4, 0.5) is 20.2 Å². The van der Waals surface area contributed by atoms with Gasteiger partial charge in [0.05, 0.1) is 47.5 Å². The Hall–Kier alpha value is -6.20. The van der Waals surface area contributed by atoms with E-state index in [1.54, 1.807) is 107 Å². The highest BCUT2D eigenvalue weighted by Gasteiger charge is 2.36. The van der Waals surface area contributed by atoms with Crippen molar-refractivity contribution in [2.75, 3.05) is 49.0 Å². The number of benzene rings is 6. The zero-order valence-corrected chi connectivity index (χ0v) is 40.2. The van der Waals surface area contributed by atoms with Crippen molar-refractivity contribution in [3.8, 4) is 11.5 Å². The number of likely N-dealkylation sites (tertiary alicyclic amines) is 2. The number of carbonyl (C=O) groups excluding carboxylic acids is 2. The fourth-order valence-electron chi connectivity index (χ4n) is 8.23. The van der Waals surface area contributed by atoms with E-state index < -0.39 is 26.6 Å². The molecule has 0 saturated carbocycles. The zero-order valence-electron chi connectivity index (χ0n) is 37.1. The fourth-order valence-corrected chi connectivity index (χ4v) is 11.3. The lowest BCUT2D eigenvalue weighted by molar-refractivity contribution is -0.131. The number of carbonyl (C=O) groups is 2. The van der Waals surface area contributed by atoms with E-state index in [2.05, 4.69) is 0 Å². The Balaban J connectivity index is 0.000000201. The third kappa shape index (κ3) is 11.5. The van der Waals surface area contributed by atoms with Crippen molar-refractivity contribution in [1.29, 1.82) is 0 Å². The minimum Gasteiger partial charge on any atom is -0.497 e. The van der Waals surface area contributed by atoms with Gasteiger partial charge >= 0.3 is 0 Å².